The summed E-state index contributed by atoms with van der Waals surface area (Å²) in [4.78, 5) is 13.8. The van der Waals surface area contributed by atoms with E-state index in [1.807, 2.05) is 0 Å². The predicted molar refractivity (Wildman–Crippen MR) is 145 cm³/mol. The summed E-state index contributed by atoms with van der Waals surface area (Å²) in [5, 5.41) is 7.15. The summed E-state index contributed by atoms with van der Waals surface area (Å²) in [5.41, 5.74) is 7.24. The molecule has 0 radical (unpaired) electrons. The molecule has 3 nitrogen and oxygen atoms in total. The Bertz CT molecular complexity index is 1010. The minimum Gasteiger partial charge on any atom is -0.385 e. The van der Waals surface area contributed by atoms with Gasteiger partial charge in [-0.25, -0.2) is 0 Å². The first-order chi connectivity index (χ1) is 15.7. The number of hydrogen-bond donors (Lipinski definition) is 2. The van der Waals surface area contributed by atoms with Crippen LogP contribution in [0.2, 0.25) is 0 Å². The Morgan fingerprint density at radius 3 is 1.50 bits per heavy atom. The summed E-state index contributed by atoms with van der Waals surface area (Å²) in [6.45, 7) is 19.8. The van der Waals surface area contributed by atoms with Crippen LogP contribution < -0.4 is 10.6 Å². The Labute approximate surface area is 207 Å². The predicted octanol–water partition coefficient (Wildman–Crippen LogP) is 7.28. The third-order valence-electron chi connectivity index (χ3n) is 8.28. The minimum atomic E-state index is -0.434. The fraction of sp³-hybridized carbons (Fsp3) is 0.581. The molecule has 0 spiro atoms. The molecular formula is C31H44N2O. The first-order valence-corrected chi connectivity index (χ1v) is 13.0. The lowest BCUT2D eigenvalue weighted by Crippen LogP contribution is -2.39. The number of Topliss-reactive ketones (excluding diaryl/α,β-unsaturated/α-hetero) is 1. The van der Waals surface area contributed by atoms with Crippen LogP contribution in [0.4, 0.5) is 11.4 Å². The fourth-order valence-corrected chi connectivity index (χ4v) is 6.26. The van der Waals surface area contributed by atoms with Gasteiger partial charge in [0.25, 0.3) is 0 Å². The van der Waals surface area contributed by atoms with Gasteiger partial charge >= 0.3 is 0 Å². The van der Waals surface area contributed by atoms with Crippen molar-refractivity contribution in [2.45, 2.75) is 91.9 Å². The summed E-state index contributed by atoms with van der Waals surface area (Å²) in [6.07, 6.45) is 3.80. The van der Waals surface area contributed by atoms with E-state index in [1.165, 1.54) is 33.6 Å². The summed E-state index contributed by atoms with van der Waals surface area (Å²) < 4.78 is 0. The zero-order valence-electron chi connectivity index (χ0n) is 22.6. The molecule has 0 fully saturated rings. The van der Waals surface area contributed by atoms with Gasteiger partial charge in [0.05, 0.1) is 0 Å². The molecule has 2 N–H and O–H groups in total. The second-order valence-electron chi connectivity index (χ2n) is 13.3. The molecule has 0 unspecified atom stereocenters. The molecule has 2 aromatic carbocycles. The Morgan fingerprint density at radius 1 is 0.735 bits per heavy atom. The van der Waals surface area contributed by atoms with E-state index in [4.69, 9.17) is 0 Å². The maximum Gasteiger partial charge on any atom is 0.144 e. The van der Waals surface area contributed by atoms with Crippen LogP contribution in [0.1, 0.15) is 90.5 Å². The van der Waals surface area contributed by atoms with Gasteiger partial charge < -0.3 is 10.6 Å². The van der Waals surface area contributed by atoms with E-state index in [1.54, 1.807) is 0 Å². The van der Waals surface area contributed by atoms with Crippen LogP contribution in [0, 0.1) is 10.8 Å². The van der Waals surface area contributed by atoms with Crippen LogP contribution in [0.3, 0.4) is 0 Å². The van der Waals surface area contributed by atoms with Crippen LogP contribution in [0.15, 0.2) is 36.4 Å². The van der Waals surface area contributed by atoms with Crippen molar-refractivity contribution in [3.05, 3.63) is 58.7 Å². The van der Waals surface area contributed by atoms with Gasteiger partial charge in [-0.15, -0.1) is 0 Å². The molecule has 2 aliphatic heterocycles. The molecule has 2 heterocycles. The average molecular weight is 461 g/mol. The van der Waals surface area contributed by atoms with E-state index in [0.717, 1.165) is 38.8 Å². The number of hydrogen-bond acceptors (Lipinski definition) is 3. The van der Waals surface area contributed by atoms with Crippen LogP contribution in [-0.4, -0.2) is 18.9 Å². The highest BCUT2D eigenvalue weighted by Gasteiger charge is 2.40. The molecule has 0 amide bonds. The molecule has 34 heavy (non-hydrogen) atoms. The van der Waals surface area contributed by atoms with Crippen molar-refractivity contribution in [1.29, 1.82) is 0 Å². The van der Waals surface area contributed by atoms with Crippen molar-refractivity contribution in [2.24, 2.45) is 10.8 Å². The van der Waals surface area contributed by atoms with Gasteiger partial charge in [0, 0.05) is 35.3 Å². The molecule has 2 aliphatic rings. The van der Waals surface area contributed by atoms with Gasteiger partial charge in [-0.05, 0) is 70.9 Å². The maximum absolute atomic E-state index is 13.8. The molecule has 0 bridgehead atoms. The normalized spacial score (nSPS) is 18.8. The summed E-state index contributed by atoms with van der Waals surface area (Å²) in [6, 6.07) is 13.5. The quantitative estimate of drug-likeness (QED) is 0.476. The van der Waals surface area contributed by atoms with Gasteiger partial charge in [0.2, 0.25) is 0 Å². The van der Waals surface area contributed by atoms with E-state index < -0.39 is 10.8 Å². The lowest BCUT2D eigenvalue weighted by atomic mass is 9.68. The van der Waals surface area contributed by atoms with Crippen LogP contribution >= 0.6 is 0 Å². The molecule has 3 heteroatoms. The number of nitrogens with one attached hydrogen (secondary N) is 2. The standard InChI is InChI=1S/C31H44N2O/c1-28(2)13-15-32-25-17-21(9-11-23(25)28)19-30(5,6)27(34)31(7,8)20-22-10-12-24-26(18-22)33-16-14-29(24,3)4/h9-12,17-18,32-33H,13-16,19-20H2,1-8H3. The number of ketones is 1. The zero-order chi connectivity index (χ0) is 24.9. The highest BCUT2D eigenvalue weighted by molar-refractivity contribution is 5.89. The Morgan fingerprint density at radius 2 is 1.12 bits per heavy atom. The smallest absolute Gasteiger partial charge is 0.144 e. The molecule has 184 valence electrons. The average Bonchev–Trinajstić information content (AvgIpc) is 2.72. The first-order valence-electron chi connectivity index (χ1n) is 13.0. The van der Waals surface area contributed by atoms with E-state index in [0.29, 0.717) is 5.78 Å². The Hall–Kier alpha value is -2.29. The molecule has 0 aliphatic carbocycles. The Kier molecular flexibility index (Phi) is 6.15. The number of benzene rings is 2. The third-order valence-corrected chi connectivity index (χ3v) is 8.28. The first kappa shape index (κ1) is 24.8. The number of anilines is 2. The van der Waals surface area contributed by atoms with Crippen molar-refractivity contribution < 1.29 is 4.79 Å². The van der Waals surface area contributed by atoms with Gasteiger partial charge in [-0.3, -0.25) is 4.79 Å². The van der Waals surface area contributed by atoms with Crippen molar-refractivity contribution in [3.8, 4) is 0 Å². The monoisotopic (exact) mass is 460 g/mol. The Balaban J connectivity index is 1.51. The van der Waals surface area contributed by atoms with Crippen molar-refractivity contribution in [3.63, 3.8) is 0 Å². The van der Waals surface area contributed by atoms with E-state index in [-0.39, 0.29) is 10.8 Å². The molecule has 0 saturated carbocycles. The SMILES string of the molecule is CC(C)(Cc1ccc2c(c1)NCCC2(C)C)C(=O)C(C)(C)Cc1ccc2c(c1)NCCC2(C)C. The van der Waals surface area contributed by atoms with E-state index >= 15 is 0 Å². The highest BCUT2D eigenvalue weighted by atomic mass is 16.1. The lowest BCUT2D eigenvalue weighted by Gasteiger charge is -2.36. The van der Waals surface area contributed by atoms with Crippen LogP contribution in [0.5, 0.6) is 0 Å². The molecular weight excluding hydrogens is 416 g/mol. The third kappa shape index (κ3) is 4.76. The molecule has 2 aromatic rings. The van der Waals surface area contributed by atoms with Gasteiger partial charge in [-0.1, -0.05) is 79.7 Å². The number of rotatable bonds is 6. The van der Waals surface area contributed by atoms with Crippen molar-refractivity contribution >= 4 is 17.2 Å². The second kappa shape index (κ2) is 8.43. The zero-order valence-corrected chi connectivity index (χ0v) is 22.6. The van der Waals surface area contributed by atoms with Crippen LogP contribution in [-0.2, 0) is 28.5 Å². The number of carbonyl (C=O) groups excluding carboxylic acids is 1. The number of fused-ring (bicyclic) bond motifs is 2. The summed E-state index contributed by atoms with van der Waals surface area (Å²) in [7, 11) is 0. The van der Waals surface area contributed by atoms with Crippen molar-refractivity contribution in [2.75, 3.05) is 23.7 Å². The second-order valence-corrected chi connectivity index (χ2v) is 13.3. The lowest BCUT2D eigenvalue weighted by molar-refractivity contribution is -0.135. The maximum atomic E-state index is 13.8. The van der Waals surface area contributed by atoms with Crippen LogP contribution in [0.25, 0.3) is 0 Å². The molecule has 0 aromatic heterocycles. The molecule has 4 rings (SSSR count). The van der Waals surface area contributed by atoms with Gasteiger partial charge in [0.15, 0.2) is 0 Å². The van der Waals surface area contributed by atoms with Gasteiger partial charge in [0.1, 0.15) is 5.78 Å². The molecule has 0 saturated heterocycles. The van der Waals surface area contributed by atoms with E-state index in [9.17, 15) is 4.79 Å². The summed E-state index contributed by atoms with van der Waals surface area (Å²) >= 11 is 0. The molecule has 0 atom stereocenters. The van der Waals surface area contributed by atoms with E-state index in [2.05, 4.69) is 102 Å². The fourth-order valence-electron chi connectivity index (χ4n) is 6.26. The number of carbonyl (C=O) groups is 1. The van der Waals surface area contributed by atoms with Crippen molar-refractivity contribution in [1.82, 2.24) is 0 Å². The topological polar surface area (TPSA) is 41.1 Å². The summed E-state index contributed by atoms with van der Waals surface area (Å²) in [5.74, 6) is 0.331. The van der Waals surface area contributed by atoms with Gasteiger partial charge in [-0.2, -0.15) is 0 Å². The minimum absolute atomic E-state index is 0.200. The largest absolute Gasteiger partial charge is 0.385 e. The highest BCUT2D eigenvalue weighted by Crippen LogP contribution is 2.41.